The summed E-state index contributed by atoms with van der Waals surface area (Å²) >= 11 is 0. The van der Waals surface area contributed by atoms with E-state index in [0.717, 1.165) is 25.0 Å². The second kappa shape index (κ2) is 5.84. The fraction of sp³-hybridized carbons (Fsp3) is 0.571. The van der Waals surface area contributed by atoms with Crippen LogP contribution in [0.25, 0.3) is 0 Å². The van der Waals surface area contributed by atoms with Crippen molar-refractivity contribution in [3.8, 4) is 5.75 Å². The molecule has 1 fully saturated rings. The van der Waals surface area contributed by atoms with Gasteiger partial charge in [0.1, 0.15) is 0 Å². The van der Waals surface area contributed by atoms with Crippen molar-refractivity contribution in [3.05, 3.63) is 29.8 Å². The van der Waals surface area contributed by atoms with Gasteiger partial charge in [-0.05, 0) is 37.3 Å². The molecule has 3 N–H and O–H groups in total. The smallest absolute Gasteiger partial charge is 0.190 e. The lowest BCUT2D eigenvalue weighted by molar-refractivity contribution is 0.00327. The molecule has 2 atom stereocenters. The zero-order valence-corrected chi connectivity index (χ0v) is 10.7. The predicted octanol–water partition coefficient (Wildman–Crippen LogP) is 2.22. The van der Waals surface area contributed by atoms with Crippen LogP contribution in [-0.4, -0.2) is 23.9 Å². The molecule has 1 aliphatic carbocycles. The molecule has 1 aromatic rings. The van der Waals surface area contributed by atoms with Crippen LogP contribution in [0, 0.1) is 17.6 Å². The van der Waals surface area contributed by atoms with Crippen LogP contribution in [-0.2, 0) is 0 Å². The van der Waals surface area contributed by atoms with E-state index in [2.05, 4.69) is 0 Å². The van der Waals surface area contributed by atoms with E-state index >= 15 is 0 Å². The molecule has 19 heavy (non-hydrogen) atoms. The highest BCUT2D eigenvalue weighted by molar-refractivity contribution is 5.25. The van der Waals surface area contributed by atoms with Gasteiger partial charge >= 0.3 is 0 Å². The number of hydrogen-bond donors (Lipinski definition) is 2. The molecule has 0 saturated heterocycles. The molecule has 5 heteroatoms. The maximum absolute atomic E-state index is 13.3. The zero-order valence-electron chi connectivity index (χ0n) is 10.7. The van der Waals surface area contributed by atoms with E-state index < -0.39 is 17.2 Å². The van der Waals surface area contributed by atoms with E-state index in [1.807, 2.05) is 0 Å². The van der Waals surface area contributed by atoms with Gasteiger partial charge in [-0.15, -0.1) is 0 Å². The third-order valence-electron chi connectivity index (χ3n) is 3.91. The number of hydrogen-bond acceptors (Lipinski definition) is 3. The van der Waals surface area contributed by atoms with Crippen molar-refractivity contribution in [3.63, 3.8) is 0 Å². The topological polar surface area (TPSA) is 55.5 Å². The second-order valence-corrected chi connectivity index (χ2v) is 5.08. The van der Waals surface area contributed by atoms with Crippen LogP contribution in [0.2, 0.25) is 0 Å². The molecule has 0 aromatic heterocycles. The predicted molar refractivity (Wildman–Crippen MR) is 67.8 cm³/mol. The van der Waals surface area contributed by atoms with Gasteiger partial charge in [-0.1, -0.05) is 12.5 Å². The molecule has 2 rings (SSSR count). The Morgan fingerprint density at radius 1 is 1.37 bits per heavy atom. The molecule has 0 radical (unpaired) electrons. The van der Waals surface area contributed by atoms with Crippen LogP contribution in [0.5, 0.6) is 5.75 Å². The summed E-state index contributed by atoms with van der Waals surface area (Å²) in [6.45, 7) is 0.385. The van der Waals surface area contributed by atoms with Gasteiger partial charge in [-0.25, -0.2) is 8.78 Å². The molecule has 1 aliphatic rings. The number of benzene rings is 1. The first-order valence-corrected chi connectivity index (χ1v) is 6.56. The fourth-order valence-corrected chi connectivity index (χ4v) is 2.73. The van der Waals surface area contributed by atoms with Gasteiger partial charge in [0.25, 0.3) is 0 Å². The second-order valence-electron chi connectivity index (χ2n) is 5.08. The van der Waals surface area contributed by atoms with Gasteiger partial charge < -0.3 is 15.6 Å². The SMILES string of the molecule is NCC1(O)CCCC1CCOc1c(F)cccc1F. The quantitative estimate of drug-likeness (QED) is 0.863. The molecule has 2 unspecified atom stereocenters. The number of rotatable bonds is 5. The van der Waals surface area contributed by atoms with Gasteiger partial charge in [0.05, 0.1) is 12.2 Å². The maximum Gasteiger partial charge on any atom is 0.190 e. The molecule has 1 saturated carbocycles. The first-order valence-electron chi connectivity index (χ1n) is 6.56. The molecular formula is C14H19F2NO2. The average Bonchev–Trinajstić information content (AvgIpc) is 2.75. The lowest BCUT2D eigenvalue weighted by Crippen LogP contribution is -2.41. The lowest BCUT2D eigenvalue weighted by Gasteiger charge is -2.28. The van der Waals surface area contributed by atoms with Crippen LogP contribution >= 0.6 is 0 Å². The summed E-state index contributed by atoms with van der Waals surface area (Å²) in [4.78, 5) is 0. The lowest BCUT2D eigenvalue weighted by atomic mass is 9.88. The summed E-state index contributed by atoms with van der Waals surface area (Å²) in [5.41, 5.74) is 4.73. The number of halogens is 2. The summed E-state index contributed by atoms with van der Waals surface area (Å²) in [6.07, 6.45) is 3.02. The first-order chi connectivity index (χ1) is 9.07. The monoisotopic (exact) mass is 271 g/mol. The van der Waals surface area contributed by atoms with Crippen molar-refractivity contribution in [2.45, 2.75) is 31.3 Å². The molecule has 1 aromatic carbocycles. The van der Waals surface area contributed by atoms with Crippen molar-refractivity contribution < 1.29 is 18.6 Å². The van der Waals surface area contributed by atoms with Gasteiger partial charge in [-0.3, -0.25) is 0 Å². The Labute approximate surface area is 111 Å². The molecule has 0 spiro atoms. The standard InChI is InChI=1S/C14H19F2NO2/c15-11-4-1-5-12(16)13(11)19-8-6-10-3-2-7-14(10,18)9-17/h1,4-5,10,18H,2-3,6-9,17H2. The highest BCUT2D eigenvalue weighted by Gasteiger charge is 2.39. The summed E-state index contributed by atoms with van der Waals surface area (Å²) in [7, 11) is 0. The molecule has 0 amide bonds. The summed E-state index contributed by atoms with van der Waals surface area (Å²) in [5, 5.41) is 10.2. The van der Waals surface area contributed by atoms with Gasteiger partial charge in [0.15, 0.2) is 17.4 Å². The number of aliphatic hydroxyl groups is 1. The molecule has 0 aliphatic heterocycles. The van der Waals surface area contributed by atoms with Gasteiger partial charge in [0, 0.05) is 6.54 Å². The minimum absolute atomic E-state index is 0.0346. The van der Waals surface area contributed by atoms with Gasteiger partial charge in [-0.2, -0.15) is 0 Å². The van der Waals surface area contributed by atoms with Crippen molar-refractivity contribution in [2.24, 2.45) is 11.7 Å². The maximum atomic E-state index is 13.3. The zero-order chi connectivity index (χ0) is 13.9. The highest BCUT2D eigenvalue weighted by atomic mass is 19.1. The van der Waals surface area contributed by atoms with Crippen LogP contribution in [0.4, 0.5) is 8.78 Å². The number of ether oxygens (including phenoxy) is 1. The Morgan fingerprint density at radius 3 is 2.68 bits per heavy atom. The minimum atomic E-state index is -0.850. The molecule has 0 heterocycles. The van der Waals surface area contributed by atoms with E-state index in [0.29, 0.717) is 12.8 Å². The molecule has 106 valence electrons. The Bertz CT molecular complexity index is 421. The van der Waals surface area contributed by atoms with Gasteiger partial charge in [0.2, 0.25) is 0 Å². The largest absolute Gasteiger partial charge is 0.488 e. The molecular weight excluding hydrogens is 252 g/mol. The molecule has 0 bridgehead atoms. The van der Waals surface area contributed by atoms with Crippen LogP contribution in [0.3, 0.4) is 0 Å². The fourth-order valence-electron chi connectivity index (χ4n) is 2.73. The summed E-state index contributed by atoms with van der Waals surface area (Å²) in [6, 6.07) is 3.61. The Kier molecular flexibility index (Phi) is 4.37. The minimum Gasteiger partial charge on any atom is -0.488 e. The summed E-state index contributed by atoms with van der Waals surface area (Å²) < 4.78 is 31.8. The van der Waals surface area contributed by atoms with Crippen LogP contribution in [0.15, 0.2) is 18.2 Å². The normalized spacial score (nSPS) is 26.6. The van der Waals surface area contributed by atoms with E-state index in [1.54, 1.807) is 0 Å². The van der Waals surface area contributed by atoms with E-state index in [1.165, 1.54) is 6.07 Å². The highest BCUT2D eigenvalue weighted by Crippen LogP contribution is 2.37. The summed E-state index contributed by atoms with van der Waals surface area (Å²) in [5.74, 6) is -1.73. The number of nitrogens with two attached hydrogens (primary N) is 1. The van der Waals surface area contributed by atoms with E-state index in [-0.39, 0.29) is 24.8 Å². The van der Waals surface area contributed by atoms with Crippen molar-refractivity contribution >= 4 is 0 Å². The Morgan fingerprint density at radius 2 is 2.05 bits per heavy atom. The first kappa shape index (κ1) is 14.2. The van der Waals surface area contributed by atoms with Crippen molar-refractivity contribution in [1.29, 1.82) is 0 Å². The van der Waals surface area contributed by atoms with Crippen LogP contribution in [0.1, 0.15) is 25.7 Å². The van der Waals surface area contributed by atoms with E-state index in [4.69, 9.17) is 10.5 Å². The third-order valence-corrected chi connectivity index (χ3v) is 3.91. The molecule has 3 nitrogen and oxygen atoms in total. The Hall–Kier alpha value is -1.20. The number of para-hydroxylation sites is 1. The van der Waals surface area contributed by atoms with Crippen molar-refractivity contribution in [2.75, 3.05) is 13.2 Å². The van der Waals surface area contributed by atoms with E-state index in [9.17, 15) is 13.9 Å². The van der Waals surface area contributed by atoms with Crippen molar-refractivity contribution in [1.82, 2.24) is 0 Å². The Balaban J connectivity index is 1.90. The average molecular weight is 271 g/mol. The van der Waals surface area contributed by atoms with Crippen LogP contribution < -0.4 is 10.5 Å². The third kappa shape index (κ3) is 3.04.